The summed E-state index contributed by atoms with van der Waals surface area (Å²) < 4.78 is 13.1. The highest BCUT2D eigenvalue weighted by atomic mass is 35.5. The lowest BCUT2D eigenvalue weighted by Crippen LogP contribution is -2.26. The van der Waals surface area contributed by atoms with Crippen molar-refractivity contribution >= 4 is 11.6 Å². The molecule has 0 aliphatic carbocycles. The molecule has 1 atom stereocenters. The van der Waals surface area contributed by atoms with E-state index in [2.05, 4.69) is 0 Å². The van der Waals surface area contributed by atoms with Crippen LogP contribution in [0.4, 0.5) is 4.39 Å². The minimum absolute atomic E-state index is 0.119. The summed E-state index contributed by atoms with van der Waals surface area (Å²) in [4.78, 5) is 0. The molecule has 15 heavy (non-hydrogen) atoms. The minimum atomic E-state index is -0.769. The first-order valence-electron chi connectivity index (χ1n) is 5.11. The fourth-order valence-corrected chi connectivity index (χ4v) is 1.83. The van der Waals surface area contributed by atoms with E-state index in [9.17, 15) is 9.50 Å². The summed E-state index contributed by atoms with van der Waals surface area (Å²) in [6.07, 6.45) is 2.06. The van der Waals surface area contributed by atoms with Gasteiger partial charge in [-0.3, -0.25) is 0 Å². The Morgan fingerprint density at radius 2 is 2.13 bits per heavy atom. The van der Waals surface area contributed by atoms with Crippen LogP contribution < -0.4 is 0 Å². The van der Waals surface area contributed by atoms with Crippen molar-refractivity contribution in [3.8, 4) is 0 Å². The SMILES string of the molecule is CCCC(C)(O)Cc1ccc(Cl)c(F)c1. The average Bonchev–Trinajstić information content (AvgIpc) is 2.10. The van der Waals surface area contributed by atoms with Crippen LogP contribution in [0.5, 0.6) is 0 Å². The van der Waals surface area contributed by atoms with Crippen LogP contribution in [-0.4, -0.2) is 10.7 Å². The molecule has 0 saturated heterocycles. The zero-order chi connectivity index (χ0) is 11.5. The first kappa shape index (κ1) is 12.5. The van der Waals surface area contributed by atoms with Crippen molar-refractivity contribution < 1.29 is 9.50 Å². The molecule has 0 bridgehead atoms. The molecular weight excluding hydrogens is 215 g/mol. The number of hydrogen-bond acceptors (Lipinski definition) is 1. The Balaban J connectivity index is 2.76. The highest BCUT2D eigenvalue weighted by Gasteiger charge is 2.19. The van der Waals surface area contributed by atoms with E-state index in [0.29, 0.717) is 12.8 Å². The van der Waals surface area contributed by atoms with Gasteiger partial charge in [0.05, 0.1) is 10.6 Å². The highest BCUT2D eigenvalue weighted by Crippen LogP contribution is 2.21. The zero-order valence-corrected chi connectivity index (χ0v) is 9.81. The van der Waals surface area contributed by atoms with Crippen LogP contribution in [0.2, 0.25) is 5.02 Å². The van der Waals surface area contributed by atoms with Crippen molar-refractivity contribution in [2.24, 2.45) is 0 Å². The fraction of sp³-hybridized carbons (Fsp3) is 0.500. The average molecular weight is 231 g/mol. The normalized spacial score (nSPS) is 15.0. The molecule has 1 unspecified atom stereocenters. The summed E-state index contributed by atoms with van der Waals surface area (Å²) in [5.74, 6) is -0.429. The lowest BCUT2D eigenvalue weighted by atomic mass is 9.92. The summed E-state index contributed by atoms with van der Waals surface area (Å²) in [6, 6.07) is 4.65. The minimum Gasteiger partial charge on any atom is -0.390 e. The van der Waals surface area contributed by atoms with Gasteiger partial charge in [-0.05, 0) is 31.0 Å². The summed E-state index contributed by atoms with van der Waals surface area (Å²) in [5, 5.41) is 10.1. The van der Waals surface area contributed by atoms with Crippen molar-refractivity contribution in [3.63, 3.8) is 0 Å². The Morgan fingerprint density at radius 1 is 1.47 bits per heavy atom. The summed E-state index contributed by atoms with van der Waals surface area (Å²) in [5.41, 5.74) is 0.00464. The highest BCUT2D eigenvalue weighted by molar-refractivity contribution is 6.30. The summed E-state index contributed by atoms with van der Waals surface area (Å²) >= 11 is 5.58. The Morgan fingerprint density at radius 3 is 2.67 bits per heavy atom. The predicted molar refractivity (Wildman–Crippen MR) is 60.6 cm³/mol. The maximum Gasteiger partial charge on any atom is 0.142 e. The predicted octanol–water partition coefficient (Wildman–Crippen LogP) is 3.57. The standard InChI is InChI=1S/C12H16ClFO/c1-3-6-12(2,15)8-9-4-5-10(13)11(14)7-9/h4-5,7,15H,3,6,8H2,1-2H3. The summed E-state index contributed by atoms with van der Waals surface area (Å²) in [6.45, 7) is 3.78. The van der Waals surface area contributed by atoms with E-state index in [1.54, 1.807) is 13.0 Å². The second-order valence-electron chi connectivity index (χ2n) is 4.17. The number of benzene rings is 1. The molecule has 0 aliphatic heterocycles. The number of rotatable bonds is 4. The van der Waals surface area contributed by atoms with Gasteiger partial charge in [0.2, 0.25) is 0 Å². The second kappa shape index (κ2) is 4.95. The molecule has 84 valence electrons. The Bertz CT molecular complexity index is 336. The van der Waals surface area contributed by atoms with Gasteiger partial charge in [0.1, 0.15) is 5.82 Å². The van der Waals surface area contributed by atoms with Crippen LogP contribution >= 0.6 is 11.6 Å². The van der Waals surface area contributed by atoms with Crippen LogP contribution in [0.25, 0.3) is 0 Å². The quantitative estimate of drug-likeness (QED) is 0.839. The van der Waals surface area contributed by atoms with Crippen LogP contribution in [0, 0.1) is 5.82 Å². The van der Waals surface area contributed by atoms with Crippen LogP contribution in [0.3, 0.4) is 0 Å². The van der Waals surface area contributed by atoms with Crippen molar-refractivity contribution in [2.75, 3.05) is 0 Å². The molecule has 1 N–H and O–H groups in total. The van der Waals surface area contributed by atoms with E-state index in [0.717, 1.165) is 12.0 Å². The monoisotopic (exact) mass is 230 g/mol. The second-order valence-corrected chi connectivity index (χ2v) is 4.58. The van der Waals surface area contributed by atoms with Gasteiger partial charge in [-0.1, -0.05) is 31.0 Å². The van der Waals surface area contributed by atoms with Gasteiger partial charge in [-0.2, -0.15) is 0 Å². The van der Waals surface area contributed by atoms with E-state index in [1.807, 2.05) is 6.92 Å². The lowest BCUT2D eigenvalue weighted by Gasteiger charge is -2.22. The van der Waals surface area contributed by atoms with Crippen molar-refractivity contribution in [1.82, 2.24) is 0 Å². The van der Waals surface area contributed by atoms with E-state index in [4.69, 9.17) is 11.6 Å². The molecule has 3 heteroatoms. The van der Waals surface area contributed by atoms with Gasteiger partial charge in [0.25, 0.3) is 0 Å². The number of halogens is 2. The van der Waals surface area contributed by atoms with Gasteiger partial charge in [0.15, 0.2) is 0 Å². The smallest absolute Gasteiger partial charge is 0.142 e. The van der Waals surface area contributed by atoms with Crippen LogP contribution in [-0.2, 0) is 6.42 Å². The first-order chi connectivity index (χ1) is 6.94. The van der Waals surface area contributed by atoms with Crippen molar-refractivity contribution in [1.29, 1.82) is 0 Å². The molecular formula is C12H16ClFO. The van der Waals surface area contributed by atoms with Crippen LogP contribution in [0.1, 0.15) is 32.3 Å². The van der Waals surface area contributed by atoms with Gasteiger partial charge in [0, 0.05) is 6.42 Å². The fourth-order valence-electron chi connectivity index (χ4n) is 1.72. The molecule has 1 rings (SSSR count). The number of aliphatic hydroxyl groups is 1. The van der Waals surface area contributed by atoms with Gasteiger partial charge in [-0.15, -0.1) is 0 Å². The van der Waals surface area contributed by atoms with E-state index in [-0.39, 0.29) is 5.02 Å². The molecule has 0 aromatic heterocycles. The van der Waals surface area contributed by atoms with E-state index < -0.39 is 11.4 Å². The molecule has 0 heterocycles. The third-order valence-corrected chi connectivity index (χ3v) is 2.66. The molecule has 0 radical (unpaired) electrons. The molecule has 0 amide bonds. The van der Waals surface area contributed by atoms with E-state index in [1.165, 1.54) is 12.1 Å². The molecule has 0 fully saturated rings. The van der Waals surface area contributed by atoms with Crippen molar-refractivity contribution in [2.45, 2.75) is 38.7 Å². The zero-order valence-electron chi connectivity index (χ0n) is 9.06. The third kappa shape index (κ3) is 3.80. The molecule has 1 nitrogen and oxygen atoms in total. The molecule has 0 spiro atoms. The Hall–Kier alpha value is -0.600. The number of hydrogen-bond donors (Lipinski definition) is 1. The van der Waals surface area contributed by atoms with E-state index >= 15 is 0 Å². The largest absolute Gasteiger partial charge is 0.390 e. The molecule has 1 aromatic rings. The van der Waals surface area contributed by atoms with Gasteiger partial charge in [-0.25, -0.2) is 4.39 Å². The molecule has 0 aliphatic rings. The van der Waals surface area contributed by atoms with Gasteiger partial charge >= 0.3 is 0 Å². The maximum atomic E-state index is 13.1. The van der Waals surface area contributed by atoms with Gasteiger partial charge < -0.3 is 5.11 Å². The lowest BCUT2D eigenvalue weighted by molar-refractivity contribution is 0.0505. The topological polar surface area (TPSA) is 20.2 Å². The third-order valence-electron chi connectivity index (χ3n) is 2.36. The maximum absolute atomic E-state index is 13.1. The summed E-state index contributed by atoms with van der Waals surface area (Å²) in [7, 11) is 0. The van der Waals surface area contributed by atoms with Crippen molar-refractivity contribution in [3.05, 3.63) is 34.6 Å². The Labute approximate surface area is 94.9 Å². The van der Waals surface area contributed by atoms with Crippen LogP contribution in [0.15, 0.2) is 18.2 Å². The molecule has 1 aromatic carbocycles. The first-order valence-corrected chi connectivity index (χ1v) is 5.49. The molecule has 0 saturated carbocycles. The Kier molecular flexibility index (Phi) is 4.12.